The summed E-state index contributed by atoms with van der Waals surface area (Å²) in [6.07, 6.45) is -0.467. The van der Waals surface area contributed by atoms with Gasteiger partial charge in [0.1, 0.15) is 11.9 Å². The maximum atomic E-state index is 12.5. The molecule has 3 heteroatoms. The van der Waals surface area contributed by atoms with Crippen molar-refractivity contribution in [2.75, 3.05) is 7.11 Å². The van der Waals surface area contributed by atoms with Crippen LogP contribution in [0.2, 0.25) is 0 Å². The normalized spacial score (nSPS) is 12.2. The minimum atomic E-state index is -0.580. The Morgan fingerprint density at radius 2 is 1.57 bits per heavy atom. The van der Waals surface area contributed by atoms with Gasteiger partial charge in [-0.15, -0.1) is 0 Å². The smallest absolute Gasteiger partial charge is 0.196 e. The van der Waals surface area contributed by atoms with E-state index in [1.54, 1.807) is 19.2 Å². The van der Waals surface area contributed by atoms with Gasteiger partial charge in [0.05, 0.1) is 6.10 Å². The van der Waals surface area contributed by atoms with Crippen LogP contribution in [-0.4, -0.2) is 19.0 Å². The van der Waals surface area contributed by atoms with Crippen molar-refractivity contribution in [1.82, 2.24) is 0 Å². The molecule has 2 rings (SSSR count). The number of ether oxygens (including phenoxy) is 2. The number of hydrogen-bond donors (Lipinski definition) is 0. The molecule has 3 nitrogen and oxygen atoms in total. The molecule has 0 heterocycles. The number of ketones is 1. The molecule has 21 heavy (non-hydrogen) atoms. The Morgan fingerprint density at radius 3 is 2.10 bits per heavy atom. The highest BCUT2D eigenvalue weighted by Gasteiger charge is 2.21. The van der Waals surface area contributed by atoms with Gasteiger partial charge in [-0.3, -0.25) is 4.79 Å². The molecule has 0 aliphatic heterocycles. The summed E-state index contributed by atoms with van der Waals surface area (Å²) in [5.41, 5.74) is 1.47. The van der Waals surface area contributed by atoms with Gasteiger partial charge in [0.2, 0.25) is 0 Å². The average molecular weight is 284 g/mol. The fourth-order valence-corrected chi connectivity index (χ4v) is 2.14. The molecule has 0 saturated heterocycles. The van der Waals surface area contributed by atoms with Crippen LogP contribution in [0.4, 0.5) is 0 Å². The minimum absolute atomic E-state index is 0.0557. The van der Waals surface area contributed by atoms with Crippen LogP contribution in [0.1, 0.15) is 35.9 Å². The van der Waals surface area contributed by atoms with E-state index in [1.165, 1.54) is 0 Å². The Morgan fingerprint density at radius 1 is 0.952 bits per heavy atom. The van der Waals surface area contributed by atoms with Crippen LogP contribution in [0.15, 0.2) is 54.6 Å². The van der Waals surface area contributed by atoms with Crippen molar-refractivity contribution < 1.29 is 14.3 Å². The van der Waals surface area contributed by atoms with Crippen molar-refractivity contribution in [1.29, 1.82) is 0 Å². The van der Waals surface area contributed by atoms with Crippen LogP contribution < -0.4 is 4.74 Å². The summed E-state index contributed by atoms with van der Waals surface area (Å²) in [6, 6.07) is 16.7. The van der Waals surface area contributed by atoms with Gasteiger partial charge in [-0.2, -0.15) is 0 Å². The number of carbonyl (C=O) groups is 1. The first-order chi connectivity index (χ1) is 10.1. The number of carbonyl (C=O) groups excluding carboxylic acids is 1. The van der Waals surface area contributed by atoms with Gasteiger partial charge in [0, 0.05) is 12.7 Å². The van der Waals surface area contributed by atoms with Crippen LogP contribution in [0, 0.1) is 0 Å². The van der Waals surface area contributed by atoms with Crippen molar-refractivity contribution >= 4 is 5.78 Å². The molecule has 2 aromatic carbocycles. The molecule has 0 spiro atoms. The van der Waals surface area contributed by atoms with E-state index in [9.17, 15) is 4.79 Å². The second-order valence-corrected chi connectivity index (χ2v) is 5.08. The molecule has 0 aromatic heterocycles. The standard InChI is InChI=1S/C18H20O3/c1-13(2)21-16-11-9-14(10-12-16)17(19)18(20-3)15-7-5-4-6-8-15/h4-13,18H,1-3H3. The Hall–Kier alpha value is -2.13. The van der Waals surface area contributed by atoms with Gasteiger partial charge < -0.3 is 9.47 Å². The zero-order valence-electron chi connectivity index (χ0n) is 12.6. The molecule has 0 saturated carbocycles. The summed E-state index contributed by atoms with van der Waals surface area (Å²) in [6.45, 7) is 3.94. The van der Waals surface area contributed by atoms with E-state index in [2.05, 4.69) is 0 Å². The van der Waals surface area contributed by atoms with E-state index in [1.807, 2.05) is 56.3 Å². The number of hydrogen-bond acceptors (Lipinski definition) is 3. The van der Waals surface area contributed by atoms with E-state index >= 15 is 0 Å². The van der Waals surface area contributed by atoms with E-state index in [-0.39, 0.29) is 11.9 Å². The van der Waals surface area contributed by atoms with Crippen LogP contribution in [0.5, 0.6) is 5.75 Å². The van der Waals surface area contributed by atoms with Crippen LogP contribution in [0.25, 0.3) is 0 Å². The lowest BCUT2D eigenvalue weighted by atomic mass is 10.00. The fraction of sp³-hybridized carbons (Fsp3) is 0.278. The third kappa shape index (κ3) is 3.92. The minimum Gasteiger partial charge on any atom is -0.491 e. The average Bonchev–Trinajstić information content (AvgIpc) is 2.49. The van der Waals surface area contributed by atoms with Gasteiger partial charge in [0.15, 0.2) is 5.78 Å². The Labute approximate surface area is 125 Å². The molecule has 0 amide bonds. The van der Waals surface area contributed by atoms with Gasteiger partial charge in [-0.1, -0.05) is 30.3 Å². The molecule has 0 bridgehead atoms. The van der Waals surface area contributed by atoms with Gasteiger partial charge in [-0.25, -0.2) is 0 Å². The Kier molecular flexibility index (Phi) is 5.12. The summed E-state index contributed by atoms with van der Waals surface area (Å²) in [4.78, 5) is 12.5. The number of rotatable bonds is 6. The summed E-state index contributed by atoms with van der Waals surface area (Å²) < 4.78 is 10.9. The van der Waals surface area contributed by atoms with E-state index in [4.69, 9.17) is 9.47 Å². The summed E-state index contributed by atoms with van der Waals surface area (Å²) in [7, 11) is 1.55. The molecule has 0 fully saturated rings. The monoisotopic (exact) mass is 284 g/mol. The number of benzene rings is 2. The highest BCUT2D eigenvalue weighted by Crippen LogP contribution is 2.23. The number of methoxy groups -OCH3 is 1. The Balaban J connectivity index is 2.18. The SMILES string of the molecule is COC(C(=O)c1ccc(OC(C)C)cc1)c1ccccc1. The molecule has 2 aromatic rings. The van der Waals surface area contributed by atoms with Crippen molar-refractivity contribution in [2.45, 2.75) is 26.1 Å². The zero-order chi connectivity index (χ0) is 15.2. The van der Waals surface area contributed by atoms with Crippen LogP contribution >= 0.6 is 0 Å². The Bertz CT molecular complexity index is 573. The maximum Gasteiger partial charge on any atom is 0.196 e. The lowest BCUT2D eigenvalue weighted by molar-refractivity contribution is 0.0604. The summed E-state index contributed by atoms with van der Waals surface area (Å²) >= 11 is 0. The van der Waals surface area contributed by atoms with Crippen LogP contribution in [-0.2, 0) is 4.74 Å². The quantitative estimate of drug-likeness (QED) is 0.751. The summed E-state index contributed by atoms with van der Waals surface area (Å²) in [5, 5.41) is 0. The molecule has 1 atom stereocenters. The van der Waals surface area contributed by atoms with Crippen LogP contribution in [0.3, 0.4) is 0 Å². The van der Waals surface area contributed by atoms with E-state index < -0.39 is 6.10 Å². The predicted molar refractivity (Wildman–Crippen MR) is 82.7 cm³/mol. The van der Waals surface area contributed by atoms with E-state index in [0.29, 0.717) is 5.56 Å². The van der Waals surface area contributed by atoms with Crippen molar-refractivity contribution in [2.24, 2.45) is 0 Å². The molecule has 0 N–H and O–H groups in total. The highest BCUT2D eigenvalue weighted by molar-refractivity contribution is 6.00. The molecule has 0 aliphatic rings. The second-order valence-electron chi connectivity index (χ2n) is 5.08. The number of Topliss-reactive ketones (excluding diaryl/α,β-unsaturated/α-hetero) is 1. The zero-order valence-corrected chi connectivity index (χ0v) is 12.6. The fourth-order valence-electron chi connectivity index (χ4n) is 2.14. The third-order valence-corrected chi connectivity index (χ3v) is 3.09. The lowest BCUT2D eigenvalue weighted by Crippen LogP contribution is -2.15. The van der Waals surface area contributed by atoms with E-state index in [0.717, 1.165) is 11.3 Å². The highest BCUT2D eigenvalue weighted by atomic mass is 16.5. The first-order valence-corrected chi connectivity index (χ1v) is 7.00. The van der Waals surface area contributed by atoms with Gasteiger partial charge in [0.25, 0.3) is 0 Å². The largest absolute Gasteiger partial charge is 0.491 e. The molecular weight excluding hydrogens is 264 g/mol. The lowest BCUT2D eigenvalue weighted by Gasteiger charge is -2.15. The second kappa shape index (κ2) is 7.04. The summed E-state index contributed by atoms with van der Waals surface area (Å²) in [5.74, 6) is 0.704. The molecule has 0 radical (unpaired) electrons. The van der Waals surface area contributed by atoms with Crippen molar-refractivity contribution in [3.05, 3.63) is 65.7 Å². The third-order valence-electron chi connectivity index (χ3n) is 3.09. The van der Waals surface area contributed by atoms with Crippen molar-refractivity contribution in [3.8, 4) is 5.75 Å². The van der Waals surface area contributed by atoms with Gasteiger partial charge >= 0.3 is 0 Å². The van der Waals surface area contributed by atoms with Crippen molar-refractivity contribution in [3.63, 3.8) is 0 Å². The topological polar surface area (TPSA) is 35.5 Å². The maximum absolute atomic E-state index is 12.5. The first-order valence-electron chi connectivity index (χ1n) is 7.00. The molecular formula is C18H20O3. The first kappa shape index (κ1) is 15.3. The molecule has 0 aliphatic carbocycles. The molecule has 110 valence electrons. The predicted octanol–water partition coefficient (Wildman–Crippen LogP) is 4.04. The molecule has 1 unspecified atom stereocenters. The van der Waals surface area contributed by atoms with Gasteiger partial charge in [-0.05, 0) is 43.7 Å².